The fourth-order valence-electron chi connectivity index (χ4n) is 2.93. The van der Waals surface area contributed by atoms with Crippen LogP contribution in [0.25, 0.3) is 0 Å². The average Bonchev–Trinajstić information content (AvgIpc) is 2.72. The molecule has 0 aliphatic carbocycles. The lowest BCUT2D eigenvalue weighted by atomic mass is 10.2. The van der Waals surface area contributed by atoms with E-state index in [-0.39, 0.29) is 5.91 Å². The van der Waals surface area contributed by atoms with Gasteiger partial charge in [0.25, 0.3) is 5.91 Å². The Balaban J connectivity index is 1.62. The highest BCUT2D eigenvalue weighted by Crippen LogP contribution is 2.19. The summed E-state index contributed by atoms with van der Waals surface area (Å²) < 4.78 is 0. The van der Waals surface area contributed by atoms with E-state index in [9.17, 15) is 4.79 Å². The summed E-state index contributed by atoms with van der Waals surface area (Å²) in [5.74, 6) is 0.522. The Labute approximate surface area is 166 Å². The molecule has 1 aromatic heterocycles. The topological polar surface area (TPSA) is 57.3 Å². The van der Waals surface area contributed by atoms with E-state index in [1.807, 2.05) is 55.5 Å². The minimum Gasteiger partial charge on any atom is -0.372 e. The molecule has 2 N–H and O–H groups in total. The molecule has 0 saturated carbocycles. The number of hydrogen-bond donors (Lipinski definition) is 2. The van der Waals surface area contributed by atoms with Crippen LogP contribution in [0.4, 0.5) is 22.9 Å². The first-order valence-electron chi connectivity index (χ1n) is 9.55. The zero-order valence-electron chi connectivity index (χ0n) is 16.6. The maximum Gasteiger partial charge on any atom is 0.257 e. The van der Waals surface area contributed by atoms with Crippen LogP contribution in [0.5, 0.6) is 0 Å². The maximum atomic E-state index is 12.5. The number of carbonyl (C=O) groups is 1. The van der Waals surface area contributed by atoms with E-state index in [1.54, 1.807) is 18.3 Å². The zero-order valence-corrected chi connectivity index (χ0v) is 16.6. The second kappa shape index (κ2) is 9.04. The highest BCUT2D eigenvalue weighted by Gasteiger charge is 2.08. The first kappa shape index (κ1) is 19.4. The molecule has 0 unspecified atom stereocenters. The number of hydrogen-bond acceptors (Lipinski definition) is 4. The molecule has 28 heavy (non-hydrogen) atoms. The van der Waals surface area contributed by atoms with Gasteiger partial charge in [-0.05, 0) is 69.3 Å². The highest BCUT2D eigenvalue weighted by molar-refractivity contribution is 6.04. The van der Waals surface area contributed by atoms with Gasteiger partial charge in [0, 0.05) is 36.3 Å². The smallest absolute Gasteiger partial charge is 0.257 e. The van der Waals surface area contributed by atoms with Gasteiger partial charge in [0.2, 0.25) is 0 Å². The van der Waals surface area contributed by atoms with Gasteiger partial charge in [-0.15, -0.1) is 0 Å². The first-order valence-corrected chi connectivity index (χ1v) is 9.55. The Morgan fingerprint density at radius 3 is 2.11 bits per heavy atom. The van der Waals surface area contributed by atoms with Crippen LogP contribution < -0.4 is 15.5 Å². The standard InChI is InChI=1S/C23H26N4O/c1-4-27(5-2)21-13-11-20(12-14-21)26-23(28)18-8-15-22(24-16-18)25-19-9-6-17(3)7-10-19/h6-16H,4-5H2,1-3H3,(H,24,25)(H,26,28). The van der Waals surface area contributed by atoms with Crippen molar-refractivity contribution in [1.82, 2.24) is 4.98 Å². The third-order valence-corrected chi connectivity index (χ3v) is 4.60. The summed E-state index contributed by atoms with van der Waals surface area (Å²) in [6, 6.07) is 19.5. The van der Waals surface area contributed by atoms with Crippen molar-refractivity contribution in [3.05, 3.63) is 78.0 Å². The summed E-state index contributed by atoms with van der Waals surface area (Å²) >= 11 is 0. The van der Waals surface area contributed by atoms with Crippen molar-refractivity contribution < 1.29 is 4.79 Å². The number of rotatable bonds is 7. The molecule has 3 rings (SSSR count). The molecule has 0 atom stereocenters. The molecule has 3 aromatic rings. The molecule has 0 spiro atoms. The number of aryl methyl sites for hydroxylation is 1. The van der Waals surface area contributed by atoms with Gasteiger partial charge in [-0.2, -0.15) is 0 Å². The predicted octanol–water partition coefficient (Wildman–Crippen LogP) is 5.23. The van der Waals surface area contributed by atoms with Gasteiger partial charge in [0.05, 0.1) is 5.56 Å². The van der Waals surface area contributed by atoms with E-state index in [2.05, 4.69) is 34.4 Å². The van der Waals surface area contributed by atoms with Crippen molar-refractivity contribution in [3.63, 3.8) is 0 Å². The number of amides is 1. The van der Waals surface area contributed by atoms with E-state index in [1.165, 1.54) is 5.56 Å². The van der Waals surface area contributed by atoms with Gasteiger partial charge in [-0.3, -0.25) is 4.79 Å². The number of carbonyl (C=O) groups excluding carboxylic acids is 1. The van der Waals surface area contributed by atoms with Gasteiger partial charge in [-0.1, -0.05) is 17.7 Å². The van der Waals surface area contributed by atoms with Crippen LogP contribution in [0.3, 0.4) is 0 Å². The molecule has 0 radical (unpaired) electrons. The van der Waals surface area contributed by atoms with Gasteiger partial charge < -0.3 is 15.5 Å². The molecule has 0 fully saturated rings. The minimum atomic E-state index is -0.176. The molecule has 0 aliphatic heterocycles. The molecule has 1 amide bonds. The SMILES string of the molecule is CCN(CC)c1ccc(NC(=O)c2ccc(Nc3ccc(C)cc3)nc2)cc1. The second-order valence-corrected chi connectivity index (χ2v) is 6.60. The van der Waals surface area contributed by atoms with Crippen molar-refractivity contribution in [2.24, 2.45) is 0 Å². The molecule has 2 aromatic carbocycles. The molecule has 0 bridgehead atoms. The Bertz CT molecular complexity index is 899. The minimum absolute atomic E-state index is 0.176. The normalized spacial score (nSPS) is 10.4. The summed E-state index contributed by atoms with van der Waals surface area (Å²) in [6.45, 7) is 8.22. The fourth-order valence-corrected chi connectivity index (χ4v) is 2.93. The molecular formula is C23H26N4O. The van der Waals surface area contributed by atoms with Crippen LogP contribution in [0.2, 0.25) is 0 Å². The van der Waals surface area contributed by atoms with Crippen LogP contribution in [0.15, 0.2) is 66.9 Å². The summed E-state index contributed by atoms with van der Waals surface area (Å²) in [5.41, 5.74) is 4.60. The van der Waals surface area contributed by atoms with Gasteiger partial charge >= 0.3 is 0 Å². The van der Waals surface area contributed by atoms with Gasteiger partial charge in [-0.25, -0.2) is 4.98 Å². The number of nitrogens with one attached hydrogen (secondary N) is 2. The number of benzene rings is 2. The number of anilines is 4. The van der Waals surface area contributed by atoms with Gasteiger partial charge in [0.15, 0.2) is 0 Å². The van der Waals surface area contributed by atoms with Crippen LogP contribution >= 0.6 is 0 Å². The van der Waals surface area contributed by atoms with Crippen LogP contribution in [0.1, 0.15) is 29.8 Å². The third kappa shape index (κ3) is 4.88. The monoisotopic (exact) mass is 374 g/mol. The maximum absolute atomic E-state index is 12.5. The van der Waals surface area contributed by atoms with Crippen LogP contribution in [0, 0.1) is 6.92 Å². The van der Waals surface area contributed by atoms with Gasteiger partial charge in [0.1, 0.15) is 5.82 Å². The Morgan fingerprint density at radius 2 is 1.54 bits per heavy atom. The lowest BCUT2D eigenvalue weighted by Crippen LogP contribution is -2.21. The molecule has 1 heterocycles. The Hall–Kier alpha value is -3.34. The lowest BCUT2D eigenvalue weighted by molar-refractivity contribution is 0.102. The summed E-state index contributed by atoms with van der Waals surface area (Å²) in [4.78, 5) is 19.1. The molecule has 144 valence electrons. The molecule has 0 aliphatic rings. The van der Waals surface area contributed by atoms with E-state index in [4.69, 9.17) is 0 Å². The Morgan fingerprint density at radius 1 is 0.893 bits per heavy atom. The van der Waals surface area contributed by atoms with Crippen molar-refractivity contribution in [1.29, 1.82) is 0 Å². The van der Waals surface area contributed by atoms with Crippen molar-refractivity contribution in [3.8, 4) is 0 Å². The summed E-state index contributed by atoms with van der Waals surface area (Å²) in [7, 11) is 0. The van der Waals surface area contributed by atoms with E-state index >= 15 is 0 Å². The fraction of sp³-hybridized carbons (Fsp3) is 0.217. The summed E-state index contributed by atoms with van der Waals surface area (Å²) in [6.07, 6.45) is 1.58. The predicted molar refractivity (Wildman–Crippen MR) is 117 cm³/mol. The molecule has 0 saturated heterocycles. The zero-order chi connectivity index (χ0) is 19.9. The quantitative estimate of drug-likeness (QED) is 0.594. The van der Waals surface area contributed by atoms with Crippen LogP contribution in [-0.4, -0.2) is 24.0 Å². The Kier molecular flexibility index (Phi) is 6.27. The number of pyridine rings is 1. The average molecular weight is 374 g/mol. The van der Waals surface area contributed by atoms with E-state index in [0.29, 0.717) is 11.4 Å². The largest absolute Gasteiger partial charge is 0.372 e. The first-order chi connectivity index (χ1) is 13.6. The van der Waals surface area contributed by atoms with Crippen molar-refractivity contribution >= 4 is 28.8 Å². The molecular weight excluding hydrogens is 348 g/mol. The van der Waals surface area contributed by atoms with Crippen LogP contribution in [-0.2, 0) is 0 Å². The number of nitrogens with zero attached hydrogens (tertiary/aromatic N) is 2. The van der Waals surface area contributed by atoms with Crippen molar-refractivity contribution in [2.45, 2.75) is 20.8 Å². The third-order valence-electron chi connectivity index (χ3n) is 4.60. The molecule has 5 heteroatoms. The lowest BCUT2D eigenvalue weighted by Gasteiger charge is -2.21. The highest BCUT2D eigenvalue weighted by atomic mass is 16.1. The van der Waals surface area contributed by atoms with E-state index < -0.39 is 0 Å². The summed E-state index contributed by atoms with van der Waals surface area (Å²) in [5, 5.41) is 6.15. The molecule has 5 nitrogen and oxygen atoms in total. The van der Waals surface area contributed by atoms with E-state index in [0.717, 1.165) is 30.2 Å². The second-order valence-electron chi connectivity index (χ2n) is 6.60. The number of aromatic nitrogens is 1. The van der Waals surface area contributed by atoms with Crippen molar-refractivity contribution in [2.75, 3.05) is 28.6 Å².